The van der Waals surface area contributed by atoms with Crippen molar-refractivity contribution in [3.05, 3.63) is 101 Å². The van der Waals surface area contributed by atoms with Crippen LogP contribution in [-0.2, 0) is 0 Å². The van der Waals surface area contributed by atoms with Crippen LogP contribution in [0.25, 0.3) is 28.0 Å². The van der Waals surface area contributed by atoms with Crippen molar-refractivity contribution >= 4 is 28.7 Å². The van der Waals surface area contributed by atoms with Crippen LogP contribution in [0, 0.1) is 10.1 Å². The Kier molecular flexibility index (Phi) is 4.89. The average molecular weight is 424 g/mol. The van der Waals surface area contributed by atoms with Crippen molar-refractivity contribution in [3.63, 3.8) is 0 Å². The van der Waals surface area contributed by atoms with E-state index in [9.17, 15) is 10.1 Å². The Bertz CT molecular complexity index is 1440. The van der Waals surface area contributed by atoms with E-state index in [1.54, 1.807) is 23.3 Å². The number of aromatic nitrogens is 3. The molecule has 9 nitrogen and oxygen atoms in total. The molecule has 0 amide bonds. The third-order valence-corrected chi connectivity index (χ3v) is 4.76. The van der Waals surface area contributed by atoms with Crippen molar-refractivity contribution < 1.29 is 9.34 Å². The van der Waals surface area contributed by atoms with Crippen molar-refractivity contribution in [3.8, 4) is 17.1 Å². The van der Waals surface area contributed by atoms with E-state index >= 15 is 0 Å². The molecule has 0 saturated carbocycles. The van der Waals surface area contributed by atoms with Gasteiger partial charge in [0, 0.05) is 17.1 Å². The van der Waals surface area contributed by atoms with E-state index in [0.29, 0.717) is 11.3 Å². The van der Waals surface area contributed by atoms with Gasteiger partial charge in [0.2, 0.25) is 0 Å². The SMILES string of the molecule is O=[N+]([O-])c1ccc(-c2nn(-c3ccccc3)cc2C=NNc2cnc3ccccc3c2)o1. The third-order valence-electron chi connectivity index (χ3n) is 4.76. The van der Waals surface area contributed by atoms with E-state index in [0.717, 1.165) is 22.3 Å². The molecule has 0 aliphatic rings. The second-order valence-electron chi connectivity index (χ2n) is 6.89. The molecule has 5 aromatic rings. The van der Waals surface area contributed by atoms with Crippen LogP contribution in [0.1, 0.15) is 5.56 Å². The summed E-state index contributed by atoms with van der Waals surface area (Å²) in [5, 5.41) is 20.9. The summed E-state index contributed by atoms with van der Waals surface area (Å²) in [5.74, 6) is -0.0716. The molecule has 0 aliphatic carbocycles. The number of furan rings is 1. The molecule has 2 aromatic carbocycles. The van der Waals surface area contributed by atoms with Gasteiger partial charge in [-0.05, 0) is 30.3 Å². The van der Waals surface area contributed by atoms with E-state index < -0.39 is 4.92 Å². The zero-order valence-corrected chi connectivity index (χ0v) is 16.6. The molecule has 156 valence electrons. The summed E-state index contributed by atoms with van der Waals surface area (Å²) in [6.45, 7) is 0. The number of hydrazone groups is 1. The normalized spacial score (nSPS) is 11.2. The number of fused-ring (bicyclic) bond motifs is 1. The Balaban J connectivity index is 1.47. The lowest BCUT2D eigenvalue weighted by Gasteiger charge is -2.01. The highest BCUT2D eigenvalue weighted by atomic mass is 16.6. The van der Waals surface area contributed by atoms with Gasteiger partial charge in [-0.2, -0.15) is 10.2 Å². The van der Waals surface area contributed by atoms with Crippen LogP contribution in [0.4, 0.5) is 11.6 Å². The van der Waals surface area contributed by atoms with Gasteiger partial charge in [0.25, 0.3) is 0 Å². The van der Waals surface area contributed by atoms with Crippen LogP contribution >= 0.6 is 0 Å². The number of para-hydroxylation sites is 2. The summed E-state index contributed by atoms with van der Waals surface area (Å²) in [7, 11) is 0. The maximum absolute atomic E-state index is 11.0. The summed E-state index contributed by atoms with van der Waals surface area (Å²) in [5.41, 5.74) is 6.48. The lowest BCUT2D eigenvalue weighted by atomic mass is 10.2. The number of nitro groups is 1. The molecule has 0 spiro atoms. The predicted octanol–water partition coefficient (Wildman–Crippen LogP) is 5.03. The molecule has 0 bridgehead atoms. The molecule has 32 heavy (non-hydrogen) atoms. The van der Waals surface area contributed by atoms with Gasteiger partial charge in [-0.15, -0.1) is 0 Å². The lowest BCUT2D eigenvalue weighted by molar-refractivity contribution is -0.401. The highest BCUT2D eigenvalue weighted by Gasteiger charge is 2.18. The Morgan fingerprint density at radius 1 is 1.06 bits per heavy atom. The van der Waals surface area contributed by atoms with Gasteiger partial charge >= 0.3 is 5.88 Å². The van der Waals surface area contributed by atoms with E-state index in [1.165, 1.54) is 12.1 Å². The first-order valence-electron chi connectivity index (χ1n) is 9.71. The number of rotatable bonds is 6. The van der Waals surface area contributed by atoms with E-state index in [2.05, 4.69) is 20.6 Å². The topological polar surface area (TPSA) is 111 Å². The van der Waals surface area contributed by atoms with E-state index in [4.69, 9.17) is 4.42 Å². The largest absolute Gasteiger partial charge is 0.433 e. The van der Waals surface area contributed by atoms with Crippen molar-refractivity contribution in [2.75, 3.05) is 5.43 Å². The highest BCUT2D eigenvalue weighted by Crippen LogP contribution is 2.28. The van der Waals surface area contributed by atoms with Crippen LogP contribution in [0.15, 0.2) is 94.7 Å². The van der Waals surface area contributed by atoms with Gasteiger partial charge in [0.15, 0.2) is 5.76 Å². The number of nitrogens with zero attached hydrogens (tertiary/aromatic N) is 5. The Morgan fingerprint density at radius 2 is 1.88 bits per heavy atom. The maximum atomic E-state index is 11.0. The van der Waals surface area contributed by atoms with Crippen molar-refractivity contribution in [1.82, 2.24) is 14.8 Å². The van der Waals surface area contributed by atoms with Crippen LogP contribution in [0.3, 0.4) is 0 Å². The summed E-state index contributed by atoms with van der Waals surface area (Å²) < 4.78 is 7.04. The molecule has 0 atom stereocenters. The first kappa shape index (κ1) is 19.2. The highest BCUT2D eigenvalue weighted by molar-refractivity contribution is 5.88. The fraction of sp³-hybridized carbons (Fsp3) is 0. The standard InChI is InChI=1S/C23H16N6O3/c30-29(31)22-11-10-21(32-22)23-17(15-28(27-23)19-7-2-1-3-8-19)13-25-26-18-12-16-6-4-5-9-20(16)24-14-18/h1-15,26H. The fourth-order valence-corrected chi connectivity index (χ4v) is 3.25. The molecule has 9 heteroatoms. The number of benzene rings is 2. The average Bonchev–Trinajstić information content (AvgIpc) is 3.47. The number of anilines is 1. The van der Waals surface area contributed by atoms with Crippen LogP contribution < -0.4 is 5.43 Å². The quantitative estimate of drug-likeness (QED) is 0.232. The van der Waals surface area contributed by atoms with Gasteiger partial charge in [-0.25, -0.2) is 4.68 Å². The lowest BCUT2D eigenvalue weighted by Crippen LogP contribution is -1.93. The predicted molar refractivity (Wildman–Crippen MR) is 121 cm³/mol. The smallest absolute Gasteiger partial charge is 0.399 e. The minimum Gasteiger partial charge on any atom is -0.399 e. The summed E-state index contributed by atoms with van der Waals surface area (Å²) >= 11 is 0. The first-order valence-corrected chi connectivity index (χ1v) is 9.71. The molecule has 0 saturated heterocycles. The molecule has 0 radical (unpaired) electrons. The van der Waals surface area contributed by atoms with Gasteiger partial charge < -0.3 is 4.42 Å². The molecular formula is C23H16N6O3. The van der Waals surface area contributed by atoms with Crippen molar-refractivity contribution in [1.29, 1.82) is 0 Å². The molecule has 3 aromatic heterocycles. The molecule has 5 rings (SSSR count). The molecule has 0 fully saturated rings. The second kappa shape index (κ2) is 8.15. The number of hydrogen-bond donors (Lipinski definition) is 1. The zero-order valence-electron chi connectivity index (χ0n) is 16.6. The van der Waals surface area contributed by atoms with Crippen LogP contribution in [0.2, 0.25) is 0 Å². The summed E-state index contributed by atoms with van der Waals surface area (Å²) in [4.78, 5) is 14.8. The zero-order chi connectivity index (χ0) is 21.9. The van der Waals surface area contributed by atoms with Gasteiger partial charge in [-0.3, -0.25) is 20.5 Å². The fourth-order valence-electron chi connectivity index (χ4n) is 3.25. The van der Waals surface area contributed by atoms with Gasteiger partial charge in [0.1, 0.15) is 10.6 Å². The number of pyridine rings is 1. The molecule has 0 aliphatic heterocycles. The van der Waals surface area contributed by atoms with E-state index in [1.807, 2.05) is 60.7 Å². The van der Waals surface area contributed by atoms with Gasteiger partial charge in [0.05, 0.1) is 35.4 Å². The Labute approximate surface area is 181 Å². The maximum Gasteiger partial charge on any atom is 0.433 e. The minimum absolute atomic E-state index is 0.278. The van der Waals surface area contributed by atoms with Crippen molar-refractivity contribution in [2.45, 2.75) is 0 Å². The van der Waals surface area contributed by atoms with Gasteiger partial charge in [-0.1, -0.05) is 36.4 Å². The van der Waals surface area contributed by atoms with Crippen LogP contribution in [0.5, 0.6) is 0 Å². The molecule has 0 unspecified atom stereocenters. The second-order valence-corrected chi connectivity index (χ2v) is 6.89. The first-order chi connectivity index (χ1) is 15.7. The third kappa shape index (κ3) is 3.82. The molecular weight excluding hydrogens is 408 g/mol. The molecule has 1 N–H and O–H groups in total. The Morgan fingerprint density at radius 3 is 2.69 bits per heavy atom. The summed E-state index contributed by atoms with van der Waals surface area (Å²) in [6.07, 6.45) is 5.07. The number of nitrogens with one attached hydrogen (secondary N) is 1. The molecule has 3 heterocycles. The summed E-state index contributed by atoms with van der Waals surface area (Å²) in [6, 6.07) is 22.1. The number of hydrogen-bond acceptors (Lipinski definition) is 7. The van der Waals surface area contributed by atoms with Crippen LogP contribution in [-0.4, -0.2) is 25.9 Å². The van der Waals surface area contributed by atoms with Crippen molar-refractivity contribution in [2.24, 2.45) is 5.10 Å². The van der Waals surface area contributed by atoms with E-state index in [-0.39, 0.29) is 11.6 Å². The minimum atomic E-state index is -0.584. The Hall–Kier alpha value is -4.79. The monoisotopic (exact) mass is 424 g/mol.